The number of allylic oxidation sites excluding steroid dienone is 1. The van der Waals surface area contributed by atoms with E-state index < -0.39 is 11.7 Å². The van der Waals surface area contributed by atoms with Gasteiger partial charge in [0.2, 0.25) is 5.95 Å². The molecule has 4 aromatic rings. The molecule has 0 radical (unpaired) electrons. The highest BCUT2D eigenvalue weighted by Gasteiger charge is 2.30. The highest BCUT2D eigenvalue weighted by atomic mass is 19.4. The van der Waals surface area contributed by atoms with E-state index in [0.717, 1.165) is 38.1 Å². The molecule has 1 aliphatic rings. The minimum absolute atomic E-state index is 0.126. The summed E-state index contributed by atoms with van der Waals surface area (Å²) >= 11 is 0. The van der Waals surface area contributed by atoms with Gasteiger partial charge in [0.05, 0.1) is 12.1 Å². The number of nitrogens with zero attached hydrogens (tertiary/aromatic N) is 5. The van der Waals surface area contributed by atoms with Crippen molar-refractivity contribution in [3.8, 4) is 5.82 Å². The first kappa shape index (κ1) is 24.5. The van der Waals surface area contributed by atoms with E-state index in [4.69, 9.17) is 4.98 Å². The van der Waals surface area contributed by atoms with Crippen LogP contribution in [0.4, 0.5) is 30.6 Å². The molecule has 3 N–H and O–H groups in total. The first-order valence-electron chi connectivity index (χ1n) is 11.8. The van der Waals surface area contributed by atoms with Crippen molar-refractivity contribution in [1.82, 2.24) is 29.6 Å². The smallest absolute Gasteiger partial charge is 0.367 e. The Hall–Kier alpha value is -4.19. The number of nitrogens with one attached hydrogen (secondary N) is 3. The van der Waals surface area contributed by atoms with Crippen LogP contribution in [0, 0.1) is 0 Å². The van der Waals surface area contributed by atoms with Crippen molar-refractivity contribution in [2.24, 2.45) is 0 Å². The number of aromatic nitrogens is 5. The maximum absolute atomic E-state index is 13.2. The van der Waals surface area contributed by atoms with Gasteiger partial charge in [0.15, 0.2) is 11.5 Å². The Morgan fingerprint density at radius 1 is 1.11 bits per heavy atom. The van der Waals surface area contributed by atoms with Crippen molar-refractivity contribution in [1.29, 1.82) is 0 Å². The number of halogens is 3. The summed E-state index contributed by atoms with van der Waals surface area (Å²) in [5, 5.41) is 9.97. The minimum atomic E-state index is -4.43. The van der Waals surface area contributed by atoms with Crippen LogP contribution in [-0.4, -0.2) is 43.4 Å². The summed E-state index contributed by atoms with van der Waals surface area (Å²) in [7, 11) is 0. The molecule has 4 heterocycles. The Morgan fingerprint density at radius 2 is 1.86 bits per heavy atom. The lowest BCUT2D eigenvalue weighted by atomic mass is 10.1. The molecule has 37 heavy (non-hydrogen) atoms. The number of benzene rings is 1. The molecule has 0 bridgehead atoms. The van der Waals surface area contributed by atoms with Crippen LogP contribution >= 0.6 is 0 Å². The molecule has 1 saturated heterocycles. The fourth-order valence-electron chi connectivity index (χ4n) is 4.28. The minimum Gasteiger partial charge on any atom is -0.367 e. The Bertz CT molecular complexity index is 1470. The van der Waals surface area contributed by atoms with Crippen LogP contribution in [0.15, 0.2) is 66.1 Å². The second kappa shape index (κ2) is 10.1. The van der Waals surface area contributed by atoms with Crippen LogP contribution in [-0.2, 0) is 12.7 Å². The van der Waals surface area contributed by atoms with Crippen LogP contribution in [0.25, 0.3) is 16.9 Å². The van der Waals surface area contributed by atoms with Crippen molar-refractivity contribution in [2.75, 3.05) is 23.7 Å². The summed E-state index contributed by atoms with van der Waals surface area (Å²) in [6.45, 7) is 5.84. The first-order valence-corrected chi connectivity index (χ1v) is 11.8. The topological polar surface area (TPSA) is 102 Å². The van der Waals surface area contributed by atoms with Crippen molar-refractivity contribution < 1.29 is 13.2 Å². The van der Waals surface area contributed by atoms with Crippen LogP contribution in [0.3, 0.4) is 0 Å². The molecule has 5 rings (SSSR count). The summed E-state index contributed by atoms with van der Waals surface area (Å²) in [6, 6.07) is 10.3. The number of pyridine rings is 1. The highest BCUT2D eigenvalue weighted by molar-refractivity contribution is 5.77. The summed E-state index contributed by atoms with van der Waals surface area (Å²) in [5.41, 5.74) is -0.385. The third kappa shape index (κ3) is 5.19. The zero-order valence-electron chi connectivity index (χ0n) is 19.8. The molecule has 192 valence electrons. The summed E-state index contributed by atoms with van der Waals surface area (Å²) in [6.07, 6.45) is 0.521. The molecule has 0 unspecified atom stereocenters. The number of hydrogen-bond donors (Lipinski definition) is 3. The first-order chi connectivity index (χ1) is 17.8. The second-order valence-electron chi connectivity index (χ2n) is 8.67. The van der Waals surface area contributed by atoms with Gasteiger partial charge >= 0.3 is 6.18 Å². The normalized spacial score (nSPS) is 14.6. The fourth-order valence-corrected chi connectivity index (χ4v) is 4.28. The zero-order chi connectivity index (χ0) is 26.0. The van der Waals surface area contributed by atoms with Gasteiger partial charge in [-0.3, -0.25) is 4.79 Å². The van der Waals surface area contributed by atoms with E-state index in [-0.39, 0.29) is 23.4 Å². The monoisotopic (exact) mass is 510 g/mol. The van der Waals surface area contributed by atoms with Gasteiger partial charge < -0.3 is 16.0 Å². The molecule has 12 heteroatoms. The molecule has 0 saturated carbocycles. The number of piperidine rings is 1. The van der Waals surface area contributed by atoms with E-state index in [9.17, 15) is 18.0 Å². The lowest BCUT2D eigenvalue weighted by Gasteiger charge is -2.24. The van der Waals surface area contributed by atoms with Gasteiger partial charge in [-0.25, -0.2) is 19.3 Å². The summed E-state index contributed by atoms with van der Waals surface area (Å²) in [4.78, 5) is 26.6. The van der Waals surface area contributed by atoms with Crippen LogP contribution in [0.2, 0.25) is 0 Å². The Balaban J connectivity index is 1.52. The van der Waals surface area contributed by atoms with Gasteiger partial charge in [0.1, 0.15) is 11.2 Å². The number of alkyl halides is 3. The Kier molecular flexibility index (Phi) is 6.66. The average molecular weight is 511 g/mol. The highest BCUT2D eigenvalue weighted by Crippen LogP contribution is 2.30. The maximum Gasteiger partial charge on any atom is 0.416 e. The van der Waals surface area contributed by atoms with Crippen LogP contribution in [0.5, 0.6) is 0 Å². The van der Waals surface area contributed by atoms with E-state index in [1.807, 2.05) is 12.1 Å². The molecule has 3 aromatic heterocycles. The van der Waals surface area contributed by atoms with Gasteiger partial charge in [0.25, 0.3) is 5.56 Å². The molecule has 0 spiro atoms. The van der Waals surface area contributed by atoms with Gasteiger partial charge in [-0.1, -0.05) is 12.1 Å². The molecule has 1 fully saturated rings. The summed E-state index contributed by atoms with van der Waals surface area (Å²) in [5.74, 6) is 1.29. The van der Waals surface area contributed by atoms with Gasteiger partial charge in [-0.2, -0.15) is 18.2 Å². The SMILES string of the molecule is C=CCn1c(=O)c2cnc(Nc3ccc(C(F)(F)F)cc3)nc2n1-c1cccc(NC2CCNCC2)n1. The van der Waals surface area contributed by atoms with Crippen molar-refractivity contribution in [3.63, 3.8) is 0 Å². The van der Waals surface area contributed by atoms with E-state index in [2.05, 4.69) is 32.5 Å². The Labute approximate surface area is 210 Å². The lowest BCUT2D eigenvalue weighted by Crippen LogP contribution is -2.35. The number of anilines is 3. The molecule has 0 amide bonds. The molecule has 9 nitrogen and oxygen atoms in total. The quantitative estimate of drug-likeness (QED) is 0.322. The maximum atomic E-state index is 13.2. The average Bonchev–Trinajstić information content (AvgIpc) is 3.15. The largest absolute Gasteiger partial charge is 0.416 e. The molecular weight excluding hydrogens is 485 g/mol. The molecule has 1 aliphatic heterocycles. The van der Waals surface area contributed by atoms with Crippen LogP contribution < -0.4 is 21.5 Å². The van der Waals surface area contributed by atoms with Crippen molar-refractivity contribution in [2.45, 2.75) is 31.6 Å². The second-order valence-corrected chi connectivity index (χ2v) is 8.67. The van der Waals surface area contributed by atoms with E-state index in [1.54, 1.807) is 16.8 Å². The van der Waals surface area contributed by atoms with Crippen molar-refractivity contribution >= 4 is 28.5 Å². The predicted molar refractivity (Wildman–Crippen MR) is 135 cm³/mol. The van der Waals surface area contributed by atoms with Crippen molar-refractivity contribution in [3.05, 3.63) is 77.2 Å². The van der Waals surface area contributed by atoms with E-state index >= 15 is 0 Å². The molecule has 0 aliphatic carbocycles. The Morgan fingerprint density at radius 3 is 2.57 bits per heavy atom. The van der Waals surface area contributed by atoms with Crippen LogP contribution in [0.1, 0.15) is 18.4 Å². The van der Waals surface area contributed by atoms with E-state index in [0.29, 0.717) is 29.0 Å². The lowest BCUT2D eigenvalue weighted by molar-refractivity contribution is -0.137. The van der Waals surface area contributed by atoms with Gasteiger partial charge in [-0.15, -0.1) is 6.58 Å². The summed E-state index contributed by atoms with van der Waals surface area (Å²) < 4.78 is 41.7. The number of fused-ring (bicyclic) bond motifs is 1. The van der Waals surface area contributed by atoms with Gasteiger partial charge in [-0.05, 0) is 62.3 Å². The zero-order valence-corrected chi connectivity index (χ0v) is 19.8. The third-order valence-corrected chi connectivity index (χ3v) is 6.09. The third-order valence-electron chi connectivity index (χ3n) is 6.09. The standard InChI is InChI=1S/C25H25F3N8O/c1-2-14-35-23(37)19-15-30-24(32-17-8-6-16(7-9-17)25(26,27)28)34-22(19)36(35)21-5-3-4-20(33-21)31-18-10-12-29-13-11-18/h2-9,15,18,29H,1,10-14H2,(H,31,33)(H,30,32,34). The van der Waals surface area contributed by atoms with E-state index in [1.165, 1.54) is 23.0 Å². The van der Waals surface area contributed by atoms with Gasteiger partial charge in [0, 0.05) is 17.9 Å². The fraction of sp³-hybridized carbons (Fsp3) is 0.280. The molecular formula is C25H25F3N8O. The molecule has 1 aromatic carbocycles. The predicted octanol–water partition coefficient (Wildman–Crippen LogP) is 4.09. The molecule has 0 atom stereocenters. The number of rotatable bonds is 7. The number of hydrogen-bond acceptors (Lipinski definition) is 7.